The zero-order chi connectivity index (χ0) is 15.6. The van der Waals surface area contributed by atoms with E-state index in [9.17, 15) is 0 Å². The number of aryl methyl sites for hydroxylation is 1. The van der Waals surface area contributed by atoms with Crippen molar-refractivity contribution in [2.45, 2.75) is 46.2 Å². The van der Waals surface area contributed by atoms with E-state index in [4.69, 9.17) is 13.9 Å². The maximum Gasteiger partial charge on any atom is 0.142 e. The van der Waals surface area contributed by atoms with Gasteiger partial charge in [-0.2, -0.15) is 0 Å². The monoisotopic (exact) mass is 291 g/mol. The first-order chi connectivity index (χ1) is 9.89. The highest BCUT2D eigenvalue weighted by Gasteiger charge is 2.19. The van der Waals surface area contributed by atoms with Crippen LogP contribution in [0.15, 0.2) is 16.5 Å². The molecule has 4 heteroatoms. The van der Waals surface area contributed by atoms with Crippen LogP contribution in [-0.4, -0.2) is 19.8 Å². The second-order valence-electron chi connectivity index (χ2n) is 6.16. The van der Waals surface area contributed by atoms with Gasteiger partial charge in [-0.15, -0.1) is 0 Å². The molecule has 1 N–H and O–H groups in total. The van der Waals surface area contributed by atoms with Gasteiger partial charge in [-0.1, -0.05) is 6.92 Å². The minimum absolute atomic E-state index is 0.0474. The summed E-state index contributed by atoms with van der Waals surface area (Å²) < 4.78 is 16.9. The number of hydrogen-bond donors (Lipinski definition) is 1. The molecule has 0 spiro atoms. The number of benzene rings is 1. The van der Waals surface area contributed by atoms with Crippen molar-refractivity contribution < 1.29 is 13.9 Å². The lowest BCUT2D eigenvalue weighted by molar-refractivity contribution is 0.390. The Morgan fingerprint density at radius 1 is 1.14 bits per heavy atom. The molecule has 0 unspecified atom stereocenters. The van der Waals surface area contributed by atoms with E-state index in [-0.39, 0.29) is 5.54 Å². The van der Waals surface area contributed by atoms with Crippen molar-refractivity contribution in [3.8, 4) is 11.5 Å². The third-order valence-corrected chi connectivity index (χ3v) is 3.50. The first-order valence-electron chi connectivity index (χ1n) is 7.31. The van der Waals surface area contributed by atoms with E-state index in [2.05, 4.69) is 33.0 Å². The van der Waals surface area contributed by atoms with Crippen molar-refractivity contribution in [1.29, 1.82) is 0 Å². The summed E-state index contributed by atoms with van der Waals surface area (Å²) in [5.41, 5.74) is 2.06. The van der Waals surface area contributed by atoms with Gasteiger partial charge in [0.2, 0.25) is 0 Å². The second kappa shape index (κ2) is 5.98. The van der Waals surface area contributed by atoms with E-state index in [0.29, 0.717) is 6.54 Å². The van der Waals surface area contributed by atoms with Crippen LogP contribution in [0.1, 0.15) is 39.0 Å². The second-order valence-corrected chi connectivity index (χ2v) is 6.16. The predicted octanol–water partition coefficient (Wildman–Crippen LogP) is 3.90. The lowest BCUT2D eigenvalue weighted by Gasteiger charge is -2.19. The van der Waals surface area contributed by atoms with Gasteiger partial charge in [-0.3, -0.25) is 0 Å². The molecule has 1 aromatic heterocycles. The summed E-state index contributed by atoms with van der Waals surface area (Å²) in [6, 6.07) is 3.82. The van der Waals surface area contributed by atoms with Gasteiger partial charge in [0.05, 0.1) is 26.2 Å². The summed E-state index contributed by atoms with van der Waals surface area (Å²) in [7, 11) is 3.32. The fourth-order valence-corrected chi connectivity index (χ4v) is 2.42. The highest BCUT2D eigenvalue weighted by molar-refractivity contribution is 5.90. The number of fused-ring (bicyclic) bond motifs is 1. The van der Waals surface area contributed by atoms with Crippen molar-refractivity contribution in [2.75, 3.05) is 14.2 Å². The highest BCUT2D eigenvalue weighted by atomic mass is 16.5. The van der Waals surface area contributed by atoms with Crippen LogP contribution >= 0.6 is 0 Å². The molecule has 0 atom stereocenters. The fourth-order valence-electron chi connectivity index (χ4n) is 2.42. The molecule has 4 nitrogen and oxygen atoms in total. The van der Waals surface area contributed by atoms with Crippen molar-refractivity contribution in [2.24, 2.45) is 0 Å². The predicted molar refractivity (Wildman–Crippen MR) is 85.3 cm³/mol. The Labute approximate surface area is 126 Å². The zero-order valence-electron chi connectivity index (χ0n) is 13.8. The third-order valence-electron chi connectivity index (χ3n) is 3.50. The van der Waals surface area contributed by atoms with Gasteiger partial charge in [0.15, 0.2) is 0 Å². The molecule has 2 rings (SSSR count). The van der Waals surface area contributed by atoms with Crippen LogP contribution in [-0.2, 0) is 13.0 Å². The Balaban J connectivity index is 2.52. The molecule has 0 aliphatic heterocycles. The Bertz CT molecular complexity index is 623. The molecular weight excluding hydrogens is 266 g/mol. The SMILES string of the molecule is CCc1c(CNC(C)(C)C)oc2cc(OC)cc(OC)c12. The van der Waals surface area contributed by atoms with Crippen molar-refractivity contribution in [3.05, 3.63) is 23.5 Å². The summed E-state index contributed by atoms with van der Waals surface area (Å²) in [5.74, 6) is 2.51. The van der Waals surface area contributed by atoms with Crippen LogP contribution in [0.3, 0.4) is 0 Å². The molecule has 2 aromatic rings. The number of furan rings is 1. The smallest absolute Gasteiger partial charge is 0.142 e. The molecule has 116 valence electrons. The summed E-state index contributed by atoms with van der Waals surface area (Å²) in [6.45, 7) is 9.27. The summed E-state index contributed by atoms with van der Waals surface area (Å²) in [6.07, 6.45) is 0.900. The van der Waals surface area contributed by atoms with E-state index in [0.717, 1.165) is 34.6 Å². The number of methoxy groups -OCH3 is 2. The van der Waals surface area contributed by atoms with E-state index < -0.39 is 0 Å². The fraction of sp³-hybridized carbons (Fsp3) is 0.529. The first kappa shape index (κ1) is 15.7. The van der Waals surface area contributed by atoms with Gasteiger partial charge in [0, 0.05) is 23.2 Å². The molecule has 0 radical (unpaired) electrons. The Morgan fingerprint density at radius 2 is 1.86 bits per heavy atom. The standard InChI is InChI=1S/C17H25NO3/c1-7-12-15(10-18-17(2,3)4)21-14-9-11(19-5)8-13(20-6)16(12)14/h8-9,18H,7,10H2,1-6H3. The molecule has 0 amide bonds. The van der Waals surface area contributed by atoms with Gasteiger partial charge in [0.1, 0.15) is 22.8 Å². The number of ether oxygens (including phenoxy) is 2. The average molecular weight is 291 g/mol. The highest BCUT2D eigenvalue weighted by Crippen LogP contribution is 2.37. The van der Waals surface area contributed by atoms with Crippen molar-refractivity contribution in [1.82, 2.24) is 5.32 Å². The summed E-state index contributed by atoms with van der Waals surface area (Å²) >= 11 is 0. The summed E-state index contributed by atoms with van der Waals surface area (Å²) in [5, 5.41) is 4.52. The van der Waals surface area contributed by atoms with Crippen molar-refractivity contribution in [3.63, 3.8) is 0 Å². The van der Waals surface area contributed by atoms with Crippen LogP contribution < -0.4 is 14.8 Å². The van der Waals surface area contributed by atoms with Crippen LogP contribution in [0.4, 0.5) is 0 Å². The number of hydrogen-bond acceptors (Lipinski definition) is 4. The first-order valence-corrected chi connectivity index (χ1v) is 7.31. The lowest BCUT2D eigenvalue weighted by Crippen LogP contribution is -2.35. The van der Waals surface area contributed by atoms with Crippen LogP contribution in [0, 0.1) is 0 Å². The largest absolute Gasteiger partial charge is 0.496 e. The molecule has 0 bridgehead atoms. The molecule has 0 fully saturated rings. The van der Waals surface area contributed by atoms with Crippen molar-refractivity contribution >= 4 is 11.0 Å². The molecule has 1 aromatic carbocycles. The molecule has 0 aliphatic rings. The Morgan fingerprint density at radius 3 is 2.38 bits per heavy atom. The minimum atomic E-state index is 0.0474. The lowest BCUT2D eigenvalue weighted by atomic mass is 10.1. The van der Waals surface area contributed by atoms with Crippen LogP contribution in [0.5, 0.6) is 11.5 Å². The quantitative estimate of drug-likeness (QED) is 0.907. The maximum atomic E-state index is 6.05. The van der Waals surface area contributed by atoms with E-state index in [1.807, 2.05) is 12.1 Å². The van der Waals surface area contributed by atoms with E-state index >= 15 is 0 Å². The molecule has 21 heavy (non-hydrogen) atoms. The molecule has 0 aliphatic carbocycles. The molecule has 1 heterocycles. The Hall–Kier alpha value is -1.68. The van der Waals surface area contributed by atoms with Gasteiger partial charge in [-0.25, -0.2) is 0 Å². The van der Waals surface area contributed by atoms with Gasteiger partial charge in [-0.05, 0) is 27.2 Å². The average Bonchev–Trinajstić information content (AvgIpc) is 2.80. The van der Waals surface area contributed by atoms with Crippen LogP contribution in [0.2, 0.25) is 0 Å². The topological polar surface area (TPSA) is 43.6 Å². The van der Waals surface area contributed by atoms with E-state index in [1.165, 1.54) is 5.56 Å². The number of rotatable bonds is 5. The summed E-state index contributed by atoms with van der Waals surface area (Å²) in [4.78, 5) is 0. The maximum absolute atomic E-state index is 6.05. The van der Waals surface area contributed by atoms with E-state index in [1.54, 1.807) is 14.2 Å². The van der Waals surface area contributed by atoms with Gasteiger partial charge >= 0.3 is 0 Å². The Kier molecular flexibility index (Phi) is 4.47. The van der Waals surface area contributed by atoms with Gasteiger partial charge < -0.3 is 19.2 Å². The zero-order valence-corrected chi connectivity index (χ0v) is 13.8. The third kappa shape index (κ3) is 3.32. The minimum Gasteiger partial charge on any atom is -0.496 e. The van der Waals surface area contributed by atoms with Gasteiger partial charge in [0.25, 0.3) is 0 Å². The molecule has 0 saturated carbocycles. The van der Waals surface area contributed by atoms with Crippen LogP contribution in [0.25, 0.3) is 11.0 Å². The normalized spacial score (nSPS) is 11.9. The number of nitrogens with one attached hydrogen (secondary N) is 1. The molecule has 0 saturated heterocycles. The molecular formula is C17H25NO3.